The molecule has 0 saturated carbocycles. The summed E-state index contributed by atoms with van der Waals surface area (Å²) in [5.41, 5.74) is 6.61. The molecule has 2 nitrogen and oxygen atoms in total. The molecular weight excluding hydrogens is 148 g/mol. The highest BCUT2D eigenvalue weighted by molar-refractivity contribution is 6.29. The summed E-state index contributed by atoms with van der Waals surface area (Å²) in [6.45, 7) is 1.91. The Morgan fingerprint density at radius 1 is 1.70 bits per heavy atom. The van der Waals surface area contributed by atoms with Crippen LogP contribution in [0, 0.1) is 0 Å². The standard InChI is InChI=1S/C7H9ClN2/c1-5(9)6-2-3-10-7(8)4-6/h2-5H,9H2,1H3. The number of nitrogens with two attached hydrogens (primary N) is 1. The number of hydrogen-bond acceptors (Lipinski definition) is 2. The Hall–Kier alpha value is -0.600. The Balaban J connectivity index is 2.96. The fourth-order valence-corrected chi connectivity index (χ4v) is 0.883. The van der Waals surface area contributed by atoms with Crippen LogP contribution in [0.25, 0.3) is 0 Å². The highest BCUT2D eigenvalue weighted by Gasteiger charge is 1.98. The van der Waals surface area contributed by atoms with E-state index >= 15 is 0 Å². The van der Waals surface area contributed by atoms with Gasteiger partial charge >= 0.3 is 0 Å². The zero-order chi connectivity index (χ0) is 7.56. The van der Waals surface area contributed by atoms with Gasteiger partial charge in [-0.3, -0.25) is 0 Å². The number of nitrogens with zero attached hydrogens (tertiary/aromatic N) is 1. The molecule has 10 heavy (non-hydrogen) atoms. The van der Waals surface area contributed by atoms with Gasteiger partial charge < -0.3 is 5.73 Å². The normalized spacial score (nSPS) is 13.1. The number of aromatic nitrogens is 1. The minimum atomic E-state index is 0.0282. The van der Waals surface area contributed by atoms with Crippen LogP contribution in [0.3, 0.4) is 0 Å². The van der Waals surface area contributed by atoms with Crippen LogP contribution < -0.4 is 5.73 Å². The van der Waals surface area contributed by atoms with E-state index in [1.54, 1.807) is 12.3 Å². The van der Waals surface area contributed by atoms with Gasteiger partial charge in [-0.05, 0) is 24.6 Å². The molecule has 0 aromatic carbocycles. The molecule has 1 atom stereocenters. The van der Waals surface area contributed by atoms with E-state index < -0.39 is 0 Å². The third-order valence-corrected chi connectivity index (χ3v) is 1.48. The van der Waals surface area contributed by atoms with Gasteiger partial charge in [-0.1, -0.05) is 11.6 Å². The Kier molecular flexibility index (Phi) is 2.25. The summed E-state index contributed by atoms with van der Waals surface area (Å²) < 4.78 is 0. The van der Waals surface area contributed by atoms with Gasteiger partial charge in [0.25, 0.3) is 0 Å². The first-order chi connectivity index (χ1) is 4.70. The van der Waals surface area contributed by atoms with E-state index in [0.29, 0.717) is 5.15 Å². The van der Waals surface area contributed by atoms with Crippen molar-refractivity contribution in [2.24, 2.45) is 5.73 Å². The molecule has 1 rings (SSSR count). The van der Waals surface area contributed by atoms with Gasteiger partial charge in [0.2, 0.25) is 0 Å². The maximum absolute atomic E-state index is 5.62. The summed E-state index contributed by atoms with van der Waals surface area (Å²) >= 11 is 5.62. The van der Waals surface area contributed by atoms with Crippen LogP contribution in [0.5, 0.6) is 0 Å². The lowest BCUT2D eigenvalue weighted by molar-refractivity contribution is 0.815. The summed E-state index contributed by atoms with van der Waals surface area (Å²) in [5, 5.41) is 0.495. The SMILES string of the molecule is CC(N)c1ccnc(Cl)c1. The first-order valence-corrected chi connectivity index (χ1v) is 3.45. The molecule has 3 heteroatoms. The van der Waals surface area contributed by atoms with Gasteiger partial charge in [-0.2, -0.15) is 0 Å². The highest BCUT2D eigenvalue weighted by atomic mass is 35.5. The van der Waals surface area contributed by atoms with Crippen molar-refractivity contribution in [2.75, 3.05) is 0 Å². The summed E-state index contributed by atoms with van der Waals surface area (Å²) in [6, 6.07) is 3.66. The molecule has 0 amide bonds. The summed E-state index contributed by atoms with van der Waals surface area (Å²) in [5.74, 6) is 0. The van der Waals surface area contributed by atoms with Crippen molar-refractivity contribution in [1.82, 2.24) is 4.98 Å². The van der Waals surface area contributed by atoms with Crippen LogP contribution in [-0.4, -0.2) is 4.98 Å². The maximum atomic E-state index is 5.62. The molecule has 54 valence electrons. The minimum absolute atomic E-state index is 0.0282. The smallest absolute Gasteiger partial charge is 0.129 e. The second kappa shape index (κ2) is 2.99. The molecule has 2 N–H and O–H groups in total. The number of pyridine rings is 1. The molecule has 0 bridgehead atoms. The van der Waals surface area contributed by atoms with Gasteiger partial charge in [0, 0.05) is 12.2 Å². The van der Waals surface area contributed by atoms with Crippen LogP contribution in [0.15, 0.2) is 18.3 Å². The monoisotopic (exact) mass is 156 g/mol. The van der Waals surface area contributed by atoms with Crippen LogP contribution in [0.2, 0.25) is 5.15 Å². The molecule has 1 aromatic rings. The van der Waals surface area contributed by atoms with E-state index in [0.717, 1.165) is 5.56 Å². The molecule has 0 aliphatic rings. The first kappa shape index (κ1) is 7.51. The van der Waals surface area contributed by atoms with Gasteiger partial charge in [0.1, 0.15) is 5.15 Å². The van der Waals surface area contributed by atoms with Crippen molar-refractivity contribution in [3.63, 3.8) is 0 Å². The molecule has 1 unspecified atom stereocenters. The molecule has 1 heterocycles. The third kappa shape index (κ3) is 1.69. The zero-order valence-electron chi connectivity index (χ0n) is 5.71. The van der Waals surface area contributed by atoms with Crippen molar-refractivity contribution in [3.8, 4) is 0 Å². The van der Waals surface area contributed by atoms with Gasteiger partial charge in [-0.15, -0.1) is 0 Å². The van der Waals surface area contributed by atoms with Crippen molar-refractivity contribution in [2.45, 2.75) is 13.0 Å². The molecule has 0 radical (unpaired) electrons. The molecule has 0 fully saturated rings. The average molecular weight is 157 g/mol. The number of hydrogen-bond donors (Lipinski definition) is 1. The van der Waals surface area contributed by atoms with Crippen molar-refractivity contribution < 1.29 is 0 Å². The number of halogens is 1. The second-order valence-electron chi connectivity index (χ2n) is 2.20. The van der Waals surface area contributed by atoms with Crippen LogP contribution in [-0.2, 0) is 0 Å². The molecule has 0 aliphatic heterocycles. The lowest BCUT2D eigenvalue weighted by atomic mass is 10.1. The predicted octanol–water partition coefficient (Wildman–Crippen LogP) is 1.75. The third-order valence-electron chi connectivity index (χ3n) is 1.28. The molecule has 1 aromatic heterocycles. The Labute approximate surface area is 65.0 Å². The minimum Gasteiger partial charge on any atom is -0.324 e. The Bertz CT molecular complexity index is 223. The van der Waals surface area contributed by atoms with E-state index in [4.69, 9.17) is 17.3 Å². The van der Waals surface area contributed by atoms with E-state index in [1.807, 2.05) is 13.0 Å². The Morgan fingerprint density at radius 2 is 2.40 bits per heavy atom. The predicted molar refractivity (Wildman–Crippen MR) is 41.8 cm³/mol. The quantitative estimate of drug-likeness (QED) is 0.630. The van der Waals surface area contributed by atoms with Gasteiger partial charge in [0.05, 0.1) is 0 Å². The summed E-state index contributed by atoms with van der Waals surface area (Å²) in [7, 11) is 0. The average Bonchev–Trinajstić information content (AvgIpc) is 1.88. The van der Waals surface area contributed by atoms with Gasteiger partial charge in [-0.25, -0.2) is 4.98 Å². The zero-order valence-corrected chi connectivity index (χ0v) is 6.47. The van der Waals surface area contributed by atoms with Crippen LogP contribution in [0.4, 0.5) is 0 Å². The van der Waals surface area contributed by atoms with Gasteiger partial charge in [0.15, 0.2) is 0 Å². The molecular formula is C7H9ClN2. The van der Waals surface area contributed by atoms with E-state index in [9.17, 15) is 0 Å². The maximum Gasteiger partial charge on any atom is 0.129 e. The molecule has 0 spiro atoms. The van der Waals surface area contributed by atoms with Crippen molar-refractivity contribution >= 4 is 11.6 Å². The molecule has 0 saturated heterocycles. The fourth-order valence-electron chi connectivity index (χ4n) is 0.701. The summed E-state index contributed by atoms with van der Waals surface area (Å²) in [4.78, 5) is 3.83. The fraction of sp³-hybridized carbons (Fsp3) is 0.286. The van der Waals surface area contributed by atoms with Crippen LogP contribution in [0.1, 0.15) is 18.5 Å². The number of rotatable bonds is 1. The first-order valence-electron chi connectivity index (χ1n) is 3.07. The lowest BCUT2D eigenvalue weighted by Crippen LogP contribution is -2.04. The van der Waals surface area contributed by atoms with Crippen molar-refractivity contribution in [3.05, 3.63) is 29.0 Å². The van der Waals surface area contributed by atoms with Crippen LogP contribution >= 0.6 is 11.6 Å². The van der Waals surface area contributed by atoms with E-state index in [-0.39, 0.29) is 6.04 Å². The summed E-state index contributed by atoms with van der Waals surface area (Å²) in [6.07, 6.45) is 1.65. The topological polar surface area (TPSA) is 38.9 Å². The van der Waals surface area contributed by atoms with Crippen molar-refractivity contribution in [1.29, 1.82) is 0 Å². The lowest BCUT2D eigenvalue weighted by Gasteiger charge is -2.03. The Morgan fingerprint density at radius 3 is 2.80 bits per heavy atom. The highest BCUT2D eigenvalue weighted by Crippen LogP contribution is 2.12. The van der Waals surface area contributed by atoms with E-state index in [1.165, 1.54) is 0 Å². The van der Waals surface area contributed by atoms with E-state index in [2.05, 4.69) is 4.98 Å². The largest absolute Gasteiger partial charge is 0.324 e. The second-order valence-corrected chi connectivity index (χ2v) is 2.59. The molecule has 0 aliphatic carbocycles.